The van der Waals surface area contributed by atoms with E-state index >= 15 is 0 Å². The topological polar surface area (TPSA) is 40.5 Å². The Balaban J connectivity index is 2.04. The first kappa shape index (κ1) is 15.8. The predicted octanol–water partition coefficient (Wildman–Crippen LogP) is 2.99. The van der Waals surface area contributed by atoms with Crippen molar-refractivity contribution in [2.45, 2.75) is 19.0 Å². The van der Waals surface area contributed by atoms with E-state index in [0.717, 1.165) is 5.56 Å². The normalized spacial score (nSPS) is 25.0. The van der Waals surface area contributed by atoms with Crippen LogP contribution in [-0.2, 0) is 4.79 Å². The van der Waals surface area contributed by atoms with Gasteiger partial charge in [0, 0.05) is 19.6 Å². The fourth-order valence-corrected chi connectivity index (χ4v) is 2.89. The van der Waals surface area contributed by atoms with Crippen molar-refractivity contribution in [3.63, 3.8) is 0 Å². The van der Waals surface area contributed by atoms with Gasteiger partial charge in [0.15, 0.2) is 0 Å². The van der Waals surface area contributed by atoms with E-state index < -0.39 is 24.0 Å². The molecule has 21 heavy (non-hydrogen) atoms. The van der Waals surface area contributed by atoms with Crippen LogP contribution in [-0.4, -0.2) is 41.8 Å². The zero-order valence-corrected chi connectivity index (χ0v) is 11.7. The van der Waals surface area contributed by atoms with E-state index in [4.69, 9.17) is 5.11 Å². The number of aliphatic carboxylic acids is 1. The quantitative estimate of drug-likeness (QED) is 0.929. The van der Waals surface area contributed by atoms with Gasteiger partial charge in [-0.3, -0.25) is 4.79 Å². The van der Waals surface area contributed by atoms with Crippen molar-refractivity contribution in [3.8, 4) is 0 Å². The lowest BCUT2D eigenvalue weighted by Gasteiger charge is -2.21. The third-order valence-electron chi connectivity index (χ3n) is 4.03. The molecule has 1 fully saturated rings. The molecule has 1 aromatic rings. The van der Waals surface area contributed by atoms with Crippen LogP contribution in [0.5, 0.6) is 0 Å². The third-order valence-corrected chi connectivity index (χ3v) is 4.03. The van der Waals surface area contributed by atoms with Gasteiger partial charge in [-0.25, -0.2) is 0 Å². The molecule has 0 saturated carbocycles. The molecule has 1 unspecified atom stereocenters. The van der Waals surface area contributed by atoms with Crippen LogP contribution >= 0.6 is 0 Å². The molecule has 1 N–H and O–H groups in total. The number of halogens is 3. The van der Waals surface area contributed by atoms with Gasteiger partial charge < -0.3 is 10.0 Å². The van der Waals surface area contributed by atoms with E-state index in [1.54, 1.807) is 4.90 Å². The number of hydrogen-bond donors (Lipinski definition) is 1. The second-order valence-electron chi connectivity index (χ2n) is 5.62. The number of carboxylic acids is 1. The molecule has 1 aliphatic heterocycles. The first-order chi connectivity index (χ1) is 9.79. The molecule has 0 aliphatic carbocycles. The smallest absolute Gasteiger partial charge is 0.393 e. The molecule has 1 saturated heterocycles. The Morgan fingerprint density at radius 1 is 1.33 bits per heavy atom. The largest absolute Gasteiger partial charge is 0.481 e. The summed E-state index contributed by atoms with van der Waals surface area (Å²) in [6.07, 6.45) is -4.46. The Hall–Kier alpha value is -1.56. The van der Waals surface area contributed by atoms with Crippen LogP contribution in [0.2, 0.25) is 0 Å². The van der Waals surface area contributed by atoms with Crippen molar-refractivity contribution in [2.24, 2.45) is 11.8 Å². The first-order valence-electron chi connectivity index (χ1n) is 6.86. The molecule has 0 amide bonds. The Morgan fingerprint density at radius 2 is 1.95 bits per heavy atom. The molecule has 3 atom stereocenters. The Morgan fingerprint density at radius 3 is 2.43 bits per heavy atom. The molecule has 3 nitrogen and oxygen atoms in total. The maximum absolute atomic E-state index is 12.9. The van der Waals surface area contributed by atoms with Crippen LogP contribution in [0.15, 0.2) is 30.3 Å². The number of likely N-dealkylation sites (tertiary alicyclic amines) is 1. The van der Waals surface area contributed by atoms with Gasteiger partial charge in [0.25, 0.3) is 0 Å². The van der Waals surface area contributed by atoms with Crippen molar-refractivity contribution < 1.29 is 23.1 Å². The number of carboxylic acid groups (broad SMARTS) is 1. The summed E-state index contributed by atoms with van der Waals surface area (Å²) in [6.45, 7) is 2.08. The van der Waals surface area contributed by atoms with Gasteiger partial charge in [-0.05, 0) is 11.5 Å². The van der Waals surface area contributed by atoms with Crippen LogP contribution in [0.4, 0.5) is 13.2 Å². The highest BCUT2D eigenvalue weighted by Gasteiger charge is 2.52. The predicted molar refractivity (Wildman–Crippen MR) is 72.0 cm³/mol. The second-order valence-corrected chi connectivity index (χ2v) is 5.62. The number of alkyl halides is 3. The van der Waals surface area contributed by atoms with Crippen molar-refractivity contribution in [1.29, 1.82) is 0 Å². The SMILES string of the molecule is CC(CN1C[C@@H](C(F)(F)F)[C@H](C(=O)O)C1)c1ccccc1. The molecule has 1 heterocycles. The van der Waals surface area contributed by atoms with Crippen molar-refractivity contribution in [3.05, 3.63) is 35.9 Å². The zero-order chi connectivity index (χ0) is 15.6. The second kappa shape index (κ2) is 6.05. The monoisotopic (exact) mass is 301 g/mol. The standard InChI is InChI=1S/C15H18F3NO2/c1-10(11-5-3-2-4-6-11)7-19-8-12(14(20)21)13(9-19)15(16,17)18/h2-6,10,12-13H,7-9H2,1H3,(H,20,21)/t10?,12-,13-/m1/s1. The van der Waals surface area contributed by atoms with Crippen LogP contribution in [0, 0.1) is 11.8 Å². The molecule has 2 rings (SSSR count). The molecule has 0 bridgehead atoms. The van der Waals surface area contributed by atoms with Gasteiger partial charge in [0.2, 0.25) is 0 Å². The van der Waals surface area contributed by atoms with Crippen molar-refractivity contribution in [1.82, 2.24) is 4.90 Å². The maximum Gasteiger partial charge on any atom is 0.393 e. The van der Waals surface area contributed by atoms with Gasteiger partial charge in [0.05, 0.1) is 11.8 Å². The summed E-state index contributed by atoms with van der Waals surface area (Å²) in [5.74, 6) is -4.45. The van der Waals surface area contributed by atoms with Gasteiger partial charge in [-0.2, -0.15) is 13.2 Å². The minimum atomic E-state index is -4.46. The molecule has 1 aromatic carbocycles. The molecule has 0 spiro atoms. The van der Waals surface area contributed by atoms with Crippen LogP contribution in [0.25, 0.3) is 0 Å². The summed E-state index contributed by atoms with van der Waals surface area (Å²) in [5.41, 5.74) is 1.04. The minimum absolute atomic E-state index is 0.0450. The van der Waals surface area contributed by atoms with E-state index in [0.29, 0.717) is 6.54 Å². The van der Waals surface area contributed by atoms with Gasteiger partial charge in [0.1, 0.15) is 0 Å². The van der Waals surface area contributed by atoms with Crippen LogP contribution in [0.1, 0.15) is 18.4 Å². The average Bonchev–Trinajstić information content (AvgIpc) is 2.84. The molecular formula is C15H18F3NO2. The summed E-state index contributed by atoms with van der Waals surface area (Å²) < 4.78 is 38.7. The summed E-state index contributed by atoms with van der Waals surface area (Å²) in [4.78, 5) is 12.6. The highest BCUT2D eigenvalue weighted by molar-refractivity contribution is 5.71. The van der Waals surface area contributed by atoms with Crippen molar-refractivity contribution in [2.75, 3.05) is 19.6 Å². The number of carbonyl (C=O) groups is 1. The maximum atomic E-state index is 12.9. The Labute approximate surface area is 121 Å². The molecular weight excluding hydrogens is 283 g/mol. The fraction of sp³-hybridized carbons (Fsp3) is 0.533. The lowest BCUT2D eigenvalue weighted by atomic mass is 9.96. The van der Waals surface area contributed by atoms with Crippen LogP contribution < -0.4 is 0 Å². The highest BCUT2D eigenvalue weighted by atomic mass is 19.4. The van der Waals surface area contributed by atoms with E-state index in [9.17, 15) is 18.0 Å². The fourth-order valence-electron chi connectivity index (χ4n) is 2.89. The number of nitrogens with zero attached hydrogens (tertiary/aromatic N) is 1. The van der Waals surface area contributed by atoms with Gasteiger partial charge >= 0.3 is 12.1 Å². The zero-order valence-electron chi connectivity index (χ0n) is 11.7. The van der Waals surface area contributed by atoms with E-state index in [-0.39, 0.29) is 19.0 Å². The minimum Gasteiger partial charge on any atom is -0.481 e. The van der Waals surface area contributed by atoms with E-state index in [1.165, 1.54) is 0 Å². The summed E-state index contributed by atoms with van der Waals surface area (Å²) in [6, 6.07) is 9.50. The number of benzene rings is 1. The molecule has 0 aromatic heterocycles. The Kier molecular flexibility index (Phi) is 4.56. The summed E-state index contributed by atoms with van der Waals surface area (Å²) >= 11 is 0. The average molecular weight is 301 g/mol. The van der Waals surface area contributed by atoms with Crippen molar-refractivity contribution >= 4 is 5.97 Å². The molecule has 0 radical (unpaired) electrons. The molecule has 6 heteroatoms. The number of hydrogen-bond acceptors (Lipinski definition) is 2. The first-order valence-corrected chi connectivity index (χ1v) is 6.86. The summed E-state index contributed by atoms with van der Waals surface area (Å²) in [7, 11) is 0. The lowest BCUT2D eigenvalue weighted by Crippen LogP contribution is -2.33. The van der Waals surface area contributed by atoms with Gasteiger partial charge in [-0.1, -0.05) is 37.3 Å². The van der Waals surface area contributed by atoms with E-state index in [2.05, 4.69) is 0 Å². The number of rotatable bonds is 4. The highest BCUT2D eigenvalue weighted by Crippen LogP contribution is 2.38. The van der Waals surface area contributed by atoms with Gasteiger partial charge in [-0.15, -0.1) is 0 Å². The molecule has 116 valence electrons. The van der Waals surface area contributed by atoms with E-state index in [1.807, 2.05) is 37.3 Å². The lowest BCUT2D eigenvalue weighted by molar-refractivity contribution is -0.188. The Bertz CT molecular complexity index is 489. The third kappa shape index (κ3) is 3.75. The van der Waals surface area contributed by atoms with Crippen LogP contribution in [0.3, 0.4) is 0 Å². The molecule has 1 aliphatic rings. The summed E-state index contributed by atoms with van der Waals surface area (Å²) in [5, 5.41) is 8.99.